The van der Waals surface area contributed by atoms with Crippen LogP contribution in [-0.4, -0.2) is 39.1 Å². The predicted molar refractivity (Wildman–Crippen MR) is 84.0 cm³/mol. The summed E-state index contributed by atoms with van der Waals surface area (Å²) in [5, 5.41) is 3.42. The smallest absolute Gasteiger partial charge is 0.153 e. The van der Waals surface area contributed by atoms with Gasteiger partial charge in [0.05, 0.1) is 11.5 Å². The van der Waals surface area contributed by atoms with E-state index in [2.05, 4.69) is 49.2 Å². The summed E-state index contributed by atoms with van der Waals surface area (Å²) in [6.45, 7) is 8.46. The van der Waals surface area contributed by atoms with Gasteiger partial charge in [-0.05, 0) is 30.2 Å². The average Bonchev–Trinajstić information content (AvgIpc) is 2.37. The van der Waals surface area contributed by atoms with Crippen LogP contribution in [-0.2, 0) is 16.4 Å². The standard InChI is InChI=1S/C15H24N2O2S/c1-12(2)16-11-14-4-5-15(10-13(14)3)17-6-8-20(18,19)9-7-17/h4-5,10,12,16H,6-9,11H2,1-3H3. The number of aryl methyl sites for hydroxylation is 1. The van der Waals surface area contributed by atoms with Gasteiger partial charge in [0.2, 0.25) is 0 Å². The van der Waals surface area contributed by atoms with E-state index in [-0.39, 0.29) is 11.5 Å². The molecule has 0 atom stereocenters. The number of hydrogen-bond acceptors (Lipinski definition) is 4. The van der Waals surface area contributed by atoms with Crippen LogP contribution in [0, 0.1) is 6.92 Å². The lowest BCUT2D eigenvalue weighted by Crippen LogP contribution is -2.40. The van der Waals surface area contributed by atoms with Gasteiger partial charge in [0.1, 0.15) is 0 Å². The van der Waals surface area contributed by atoms with Gasteiger partial charge < -0.3 is 10.2 Å². The van der Waals surface area contributed by atoms with E-state index in [0.717, 1.165) is 12.2 Å². The number of rotatable bonds is 4. The fraction of sp³-hybridized carbons (Fsp3) is 0.600. The van der Waals surface area contributed by atoms with Crippen molar-refractivity contribution in [2.45, 2.75) is 33.4 Å². The van der Waals surface area contributed by atoms with E-state index in [0.29, 0.717) is 19.1 Å². The van der Waals surface area contributed by atoms with Gasteiger partial charge in [-0.1, -0.05) is 19.9 Å². The Morgan fingerprint density at radius 2 is 1.90 bits per heavy atom. The maximum absolute atomic E-state index is 11.5. The van der Waals surface area contributed by atoms with E-state index in [4.69, 9.17) is 0 Å². The highest BCUT2D eigenvalue weighted by Crippen LogP contribution is 2.21. The molecule has 0 saturated carbocycles. The number of benzene rings is 1. The third kappa shape index (κ3) is 3.96. The summed E-state index contributed by atoms with van der Waals surface area (Å²) in [6, 6.07) is 6.88. The van der Waals surface area contributed by atoms with Gasteiger partial charge in [0, 0.05) is 31.4 Å². The topological polar surface area (TPSA) is 49.4 Å². The molecule has 1 aromatic rings. The molecule has 112 valence electrons. The lowest BCUT2D eigenvalue weighted by Gasteiger charge is -2.29. The van der Waals surface area contributed by atoms with E-state index in [9.17, 15) is 8.42 Å². The number of nitrogens with one attached hydrogen (secondary N) is 1. The number of sulfone groups is 1. The van der Waals surface area contributed by atoms with E-state index < -0.39 is 9.84 Å². The lowest BCUT2D eigenvalue weighted by atomic mass is 10.1. The summed E-state index contributed by atoms with van der Waals surface area (Å²) in [7, 11) is -2.81. The molecule has 1 fully saturated rings. The summed E-state index contributed by atoms with van der Waals surface area (Å²) in [4.78, 5) is 2.16. The summed E-state index contributed by atoms with van der Waals surface area (Å²) < 4.78 is 22.9. The molecule has 0 amide bonds. The van der Waals surface area contributed by atoms with Crippen LogP contribution < -0.4 is 10.2 Å². The molecule has 0 aliphatic carbocycles. The Bertz CT molecular complexity index is 553. The van der Waals surface area contributed by atoms with Crippen LogP contribution in [0.3, 0.4) is 0 Å². The number of hydrogen-bond donors (Lipinski definition) is 1. The van der Waals surface area contributed by atoms with Gasteiger partial charge in [0.15, 0.2) is 9.84 Å². The Morgan fingerprint density at radius 3 is 2.45 bits per heavy atom. The largest absolute Gasteiger partial charge is 0.369 e. The molecular weight excluding hydrogens is 272 g/mol. The van der Waals surface area contributed by atoms with Crippen molar-refractivity contribution in [3.63, 3.8) is 0 Å². The Balaban J connectivity index is 2.05. The van der Waals surface area contributed by atoms with Crippen LogP contribution in [0.4, 0.5) is 5.69 Å². The van der Waals surface area contributed by atoms with Gasteiger partial charge in [-0.2, -0.15) is 0 Å². The maximum Gasteiger partial charge on any atom is 0.153 e. The molecule has 1 aliphatic rings. The normalized spacial score (nSPS) is 18.5. The molecule has 1 aliphatic heterocycles. The van der Waals surface area contributed by atoms with Gasteiger partial charge >= 0.3 is 0 Å². The van der Waals surface area contributed by atoms with Crippen LogP contribution >= 0.6 is 0 Å². The Labute approximate surface area is 122 Å². The van der Waals surface area contributed by atoms with Crippen molar-refractivity contribution in [2.24, 2.45) is 0 Å². The summed E-state index contributed by atoms with van der Waals surface area (Å²) in [5.74, 6) is 0.533. The Morgan fingerprint density at radius 1 is 1.25 bits per heavy atom. The second-order valence-corrected chi connectivity index (χ2v) is 8.09. The second-order valence-electron chi connectivity index (χ2n) is 5.79. The van der Waals surface area contributed by atoms with Crippen molar-refractivity contribution in [1.29, 1.82) is 0 Å². The lowest BCUT2D eigenvalue weighted by molar-refractivity contribution is 0.586. The molecule has 0 radical (unpaired) electrons. The van der Waals surface area contributed by atoms with Crippen molar-refractivity contribution in [3.8, 4) is 0 Å². The maximum atomic E-state index is 11.5. The Hall–Kier alpha value is -1.07. The van der Waals surface area contributed by atoms with Gasteiger partial charge in [-0.3, -0.25) is 0 Å². The quantitative estimate of drug-likeness (QED) is 0.919. The van der Waals surface area contributed by atoms with Crippen LogP contribution in [0.5, 0.6) is 0 Å². The zero-order chi connectivity index (χ0) is 14.8. The molecule has 0 bridgehead atoms. The molecular formula is C15H24N2O2S. The van der Waals surface area contributed by atoms with E-state index in [1.54, 1.807) is 0 Å². The molecule has 1 N–H and O–H groups in total. The zero-order valence-corrected chi connectivity index (χ0v) is 13.3. The van der Waals surface area contributed by atoms with Gasteiger partial charge in [-0.15, -0.1) is 0 Å². The average molecular weight is 296 g/mol. The third-order valence-corrected chi connectivity index (χ3v) is 5.35. The molecule has 0 unspecified atom stereocenters. The monoisotopic (exact) mass is 296 g/mol. The molecule has 0 spiro atoms. The fourth-order valence-corrected chi connectivity index (χ4v) is 3.56. The van der Waals surface area contributed by atoms with E-state index in [1.807, 2.05) is 0 Å². The summed E-state index contributed by atoms with van der Waals surface area (Å²) in [5.41, 5.74) is 3.68. The zero-order valence-electron chi connectivity index (χ0n) is 12.5. The molecule has 1 aromatic carbocycles. The first-order valence-electron chi connectivity index (χ1n) is 7.16. The van der Waals surface area contributed by atoms with Gasteiger partial charge in [0.25, 0.3) is 0 Å². The highest BCUT2D eigenvalue weighted by Gasteiger charge is 2.21. The number of nitrogens with zero attached hydrogens (tertiary/aromatic N) is 1. The van der Waals surface area contributed by atoms with Crippen molar-refractivity contribution >= 4 is 15.5 Å². The van der Waals surface area contributed by atoms with Crippen molar-refractivity contribution in [3.05, 3.63) is 29.3 Å². The first kappa shape index (κ1) is 15.3. The summed E-state index contributed by atoms with van der Waals surface area (Å²) in [6.07, 6.45) is 0. The minimum absolute atomic E-state index is 0.267. The highest BCUT2D eigenvalue weighted by molar-refractivity contribution is 7.91. The minimum Gasteiger partial charge on any atom is -0.369 e. The molecule has 1 saturated heterocycles. The molecule has 0 aromatic heterocycles. The van der Waals surface area contributed by atoms with Crippen LogP contribution in [0.15, 0.2) is 18.2 Å². The minimum atomic E-state index is -2.81. The van der Waals surface area contributed by atoms with Crippen molar-refractivity contribution in [1.82, 2.24) is 5.32 Å². The molecule has 1 heterocycles. The highest BCUT2D eigenvalue weighted by atomic mass is 32.2. The van der Waals surface area contributed by atoms with Crippen molar-refractivity contribution < 1.29 is 8.42 Å². The second kappa shape index (κ2) is 6.14. The predicted octanol–water partition coefficient (Wildman–Crippen LogP) is 1.73. The molecule has 4 nitrogen and oxygen atoms in total. The van der Waals surface area contributed by atoms with Crippen LogP contribution in [0.1, 0.15) is 25.0 Å². The molecule has 2 rings (SSSR count). The molecule has 20 heavy (non-hydrogen) atoms. The van der Waals surface area contributed by atoms with Gasteiger partial charge in [-0.25, -0.2) is 8.42 Å². The van der Waals surface area contributed by atoms with Crippen LogP contribution in [0.25, 0.3) is 0 Å². The first-order chi connectivity index (χ1) is 9.37. The third-order valence-electron chi connectivity index (χ3n) is 3.74. The van der Waals surface area contributed by atoms with E-state index >= 15 is 0 Å². The first-order valence-corrected chi connectivity index (χ1v) is 8.98. The Kier molecular flexibility index (Phi) is 4.70. The SMILES string of the molecule is Cc1cc(N2CCS(=O)(=O)CC2)ccc1CNC(C)C. The molecule has 5 heteroatoms. The van der Waals surface area contributed by atoms with Crippen molar-refractivity contribution in [2.75, 3.05) is 29.5 Å². The number of anilines is 1. The fourth-order valence-electron chi connectivity index (χ4n) is 2.36. The van der Waals surface area contributed by atoms with Crippen LogP contribution in [0.2, 0.25) is 0 Å². The summed E-state index contributed by atoms with van der Waals surface area (Å²) >= 11 is 0. The van der Waals surface area contributed by atoms with E-state index in [1.165, 1.54) is 11.1 Å².